The van der Waals surface area contributed by atoms with Crippen molar-refractivity contribution in [1.29, 1.82) is 0 Å². The summed E-state index contributed by atoms with van der Waals surface area (Å²) >= 11 is 12.3. The Kier molecular flexibility index (Phi) is 8.26. The number of hydrogen-bond acceptors (Lipinski definition) is 4. The molecule has 0 aliphatic carbocycles. The quantitative estimate of drug-likeness (QED) is 0.709. The van der Waals surface area contributed by atoms with Crippen molar-refractivity contribution in [1.82, 2.24) is 5.32 Å². The molecule has 1 aromatic carbocycles. The monoisotopic (exact) mass is 321 g/mol. The molecule has 0 bridgehead atoms. The molecule has 1 N–H and O–H groups in total. The summed E-state index contributed by atoms with van der Waals surface area (Å²) in [5.41, 5.74) is 0.918. The van der Waals surface area contributed by atoms with E-state index in [-0.39, 0.29) is 6.10 Å². The van der Waals surface area contributed by atoms with Gasteiger partial charge in [0.2, 0.25) is 0 Å². The Balaban J connectivity index is 2.78. The van der Waals surface area contributed by atoms with Crippen LogP contribution in [-0.2, 0) is 16.0 Å². The minimum absolute atomic E-state index is 0.0867. The summed E-state index contributed by atoms with van der Waals surface area (Å²) in [6.45, 7) is 4.42. The average Bonchev–Trinajstić information content (AvgIpc) is 2.38. The van der Waals surface area contributed by atoms with Gasteiger partial charge >= 0.3 is 0 Å². The first kappa shape index (κ1) is 17.5. The van der Waals surface area contributed by atoms with E-state index in [0.717, 1.165) is 12.1 Å². The van der Waals surface area contributed by atoms with E-state index in [1.54, 1.807) is 20.3 Å². The Labute approximate surface area is 130 Å². The molecule has 4 nitrogen and oxygen atoms in total. The summed E-state index contributed by atoms with van der Waals surface area (Å²) in [7, 11) is 3.30. The van der Waals surface area contributed by atoms with Crippen molar-refractivity contribution >= 4 is 23.2 Å². The van der Waals surface area contributed by atoms with E-state index < -0.39 is 0 Å². The molecule has 0 heterocycles. The molecule has 1 atom stereocenters. The molecule has 0 aliphatic heterocycles. The Morgan fingerprint density at radius 3 is 2.60 bits per heavy atom. The van der Waals surface area contributed by atoms with Gasteiger partial charge in [-0.15, -0.1) is 0 Å². The van der Waals surface area contributed by atoms with Gasteiger partial charge in [0, 0.05) is 37.9 Å². The highest BCUT2D eigenvalue weighted by molar-refractivity contribution is 6.35. The van der Waals surface area contributed by atoms with E-state index in [0.29, 0.717) is 35.6 Å². The molecule has 6 heteroatoms. The van der Waals surface area contributed by atoms with Crippen LogP contribution in [-0.4, -0.2) is 40.1 Å². The maximum absolute atomic E-state index is 6.22. The predicted molar refractivity (Wildman–Crippen MR) is 82.0 cm³/mol. The second-order valence-corrected chi connectivity index (χ2v) is 5.27. The molecule has 0 spiro atoms. The highest BCUT2D eigenvalue weighted by atomic mass is 35.5. The van der Waals surface area contributed by atoms with Crippen molar-refractivity contribution in [3.8, 4) is 5.75 Å². The minimum atomic E-state index is -0.0867. The first-order valence-electron chi connectivity index (χ1n) is 6.41. The first-order chi connectivity index (χ1) is 9.58. The maximum Gasteiger partial charge on any atom is 0.143 e. The summed E-state index contributed by atoms with van der Waals surface area (Å²) in [6, 6.07) is 3.53. The van der Waals surface area contributed by atoms with E-state index in [4.69, 9.17) is 37.4 Å². The van der Waals surface area contributed by atoms with Gasteiger partial charge in [-0.3, -0.25) is 0 Å². The smallest absolute Gasteiger partial charge is 0.143 e. The number of halogens is 2. The van der Waals surface area contributed by atoms with Crippen LogP contribution in [0.2, 0.25) is 10.0 Å². The van der Waals surface area contributed by atoms with Crippen molar-refractivity contribution in [2.75, 3.05) is 34.0 Å². The van der Waals surface area contributed by atoms with Gasteiger partial charge in [0.15, 0.2) is 0 Å². The zero-order valence-corrected chi connectivity index (χ0v) is 13.6. The second kappa shape index (κ2) is 9.42. The summed E-state index contributed by atoms with van der Waals surface area (Å²) < 4.78 is 15.9. The molecule has 1 rings (SSSR count). The van der Waals surface area contributed by atoms with Gasteiger partial charge in [-0.2, -0.15) is 0 Å². The lowest BCUT2D eigenvalue weighted by atomic mass is 10.2. The Bertz CT molecular complexity index is 416. The zero-order chi connectivity index (χ0) is 15.0. The van der Waals surface area contributed by atoms with Gasteiger partial charge in [-0.25, -0.2) is 0 Å². The number of benzene rings is 1. The highest BCUT2D eigenvalue weighted by Gasteiger charge is 2.13. The largest absolute Gasteiger partial charge is 0.486 e. The predicted octanol–water partition coefficient (Wildman–Crippen LogP) is 3.14. The van der Waals surface area contributed by atoms with Crippen LogP contribution in [0.1, 0.15) is 12.5 Å². The van der Waals surface area contributed by atoms with Crippen molar-refractivity contribution < 1.29 is 14.2 Å². The minimum Gasteiger partial charge on any atom is -0.486 e. The topological polar surface area (TPSA) is 39.7 Å². The maximum atomic E-state index is 6.22. The van der Waals surface area contributed by atoms with Crippen LogP contribution in [0.25, 0.3) is 0 Å². The Hall–Kier alpha value is -0.520. The molecule has 0 saturated heterocycles. The third-order valence-electron chi connectivity index (χ3n) is 2.60. The number of methoxy groups -OCH3 is 2. The number of rotatable bonds is 9. The molecule has 0 amide bonds. The van der Waals surface area contributed by atoms with Gasteiger partial charge in [-0.1, -0.05) is 23.2 Å². The van der Waals surface area contributed by atoms with Gasteiger partial charge in [0.1, 0.15) is 11.9 Å². The standard InChI is InChI=1S/C14H21Cl2NO3/c1-10(9-19-3)20-14-11(8-17-4-5-18-2)6-12(15)7-13(14)16/h6-7,10,17H,4-5,8-9H2,1-3H3. The summed E-state index contributed by atoms with van der Waals surface area (Å²) in [6.07, 6.45) is -0.0867. The molecule has 0 saturated carbocycles. The summed E-state index contributed by atoms with van der Waals surface area (Å²) in [5.74, 6) is 0.644. The molecule has 1 unspecified atom stereocenters. The van der Waals surface area contributed by atoms with Crippen molar-refractivity contribution in [3.05, 3.63) is 27.7 Å². The van der Waals surface area contributed by atoms with Gasteiger partial charge in [0.25, 0.3) is 0 Å². The molecule has 0 aromatic heterocycles. The molecule has 20 heavy (non-hydrogen) atoms. The van der Waals surface area contributed by atoms with Crippen LogP contribution in [0.4, 0.5) is 0 Å². The van der Waals surface area contributed by atoms with Crippen LogP contribution in [0.3, 0.4) is 0 Å². The molecular formula is C14H21Cl2NO3. The van der Waals surface area contributed by atoms with E-state index in [1.165, 1.54) is 0 Å². The number of ether oxygens (including phenoxy) is 3. The average molecular weight is 322 g/mol. The molecule has 114 valence electrons. The van der Waals surface area contributed by atoms with E-state index in [1.807, 2.05) is 13.0 Å². The third kappa shape index (κ3) is 5.85. The lowest BCUT2D eigenvalue weighted by Gasteiger charge is -2.19. The van der Waals surface area contributed by atoms with E-state index in [2.05, 4.69) is 5.32 Å². The molecular weight excluding hydrogens is 301 g/mol. The van der Waals surface area contributed by atoms with Gasteiger partial charge in [0.05, 0.1) is 18.2 Å². The zero-order valence-electron chi connectivity index (χ0n) is 12.0. The van der Waals surface area contributed by atoms with Crippen LogP contribution in [0.5, 0.6) is 5.75 Å². The van der Waals surface area contributed by atoms with Crippen molar-refractivity contribution in [3.63, 3.8) is 0 Å². The highest BCUT2D eigenvalue weighted by Crippen LogP contribution is 2.33. The lowest BCUT2D eigenvalue weighted by molar-refractivity contribution is 0.0913. The molecule has 0 fully saturated rings. The second-order valence-electron chi connectivity index (χ2n) is 4.43. The van der Waals surface area contributed by atoms with E-state index in [9.17, 15) is 0 Å². The number of nitrogens with one attached hydrogen (secondary N) is 1. The van der Waals surface area contributed by atoms with Crippen LogP contribution >= 0.6 is 23.2 Å². The molecule has 1 aromatic rings. The lowest BCUT2D eigenvalue weighted by Crippen LogP contribution is -2.22. The first-order valence-corrected chi connectivity index (χ1v) is 7.17. The van der Waals surface area contributed by atoms with Crippen LogP contribution in [0, 0.1) is 0 Å². The van der Waals surface area contributed by atoms with Crippen LogP contribution in [0.15, 0.2) is 12.1 Å². The summed E-state index contributed by atoms with van der Waals surface area (Å²) in [4.78, 5) is 0. The Morgan fingerprint density at radius 2 is 1.95 bits per heavy atom. The fourth-order valence-corrected chi connectivity index (χ4v) is 2.32. The van der Waals surface area contributed by atoms with Crippen molar-refractivity contribution in [2.24, 2.45) is 0 Å². The fraction of sp³-hybridized carbons (Fsp3) is 0.571. The van der Waals surface area contributed by atoms with Crippen molar-refractivity contribution in [2.45, 2.75) is 19.6 Å². The van der Waals surface area contributed by atoms with Crippen LogP contribution < -0.4 is 10.1 Å². The normalized spacial score (nSPS) is 12.4. The Morgan fingerprint density at radius 1 is 1.20 bits per heavy atom. The summed E-state index contributed by atoms with van der Waals surface area (Å²) in [5, 5.41) is 4.34. The molecule has 0 aliphatic rings. The fourth-order valence-electron chi connectivity index (χ4n) is 1.74. The van der Waals surface area contributed by atoms with Gasteiger partial charge < -0.3 is 19.5 Å². The molecule has 0 radical (unpaired) electrons. The van der Waals surface area contributed by atoms with E-state index >= 15 is 0 Å². The third-order valence-corrected chi connectivity index (χ3v) is 3.10. The SMILES string of the molecule is COCCNCc1cc(Cl)cc(Cl)c1OC(C)COC. The number of hydrogen-bond donors (Lipinski definition) is 1. The van der Waals surface area contributed by atoms with Gasteiger partial charge in [-0.05, 0) is 19.1 Å².